The van der Waals surface area contributed by atoms with Crippen LogP contribution in [0.15, 0.2) is 85.5 Å². The molecule has 216 valence electrons. The predicted octanol–water partition coefficient (Wildman–Crippen LogP) is 7.11. The van der Waals surface area contributed by atoms with E-state index >= 15 is 0 Å². The summed E-state index contributed by atoms with van der Waals surface area (Å²) in [7, 11) is 0. The summed E-state index contributed by atoms with van der Waals surface area (Å²) in [6, 6.07) is 20.1. The molecule has 3 heterocycles. The molecule has 0 saturated carbocycles. The number of likely N-dealkylation sites (tertiary alicyclic amines) is 1. The molecule has 0 amide bonds. The van der Waals surface area contributed by atoms with Crippen molar-refractivity contribution in [1.29, 1.82) is 0 Å². The third-order valence-corrected chi connectivity index (χ3v) is 7.83. The van der Waals surface area contributed by atoms with Crippen molar-refractivity contribution >= 4 is 34.0 Å². The topological polar surface area (TPSA) is 67.2 Å². The van der Waals surface area contributed by atoms with Crippen LogP contribution in [0.4, 0.5) is 15.9 Å². The lowest BCUT2D eigenvalue weighted by Gasteiger charge is -2.26. The van der Waals surface area contributed by atoms with Crippen LogP contribution < -0.4 is 15.4 Å². The molecule has 0 atom stereocenters. The maximum absolute atomic E-state index is 13.5. The zero-order chi connectivity index (χ0) is 28.7. The molecule has 2 N–H and O–H groups in total. The highest BCUT2D eigenvalue weighted by atomic mass is 35.5. The number of nitrogens with zero attached hydrogens (tertiary/aromatic N) is 4. The molecule has 2 aromatic heterocycles. The average Bonchev–Trinajstić information content (AvgIpc) is 3.49. The molecule has 0 aliphatic carbocycles. The molecule has 7 nitrogen and oxygen atoms in total. The van der Waals surface area contributed by atoms with E-state index in [0.29, 0.717) is 16.6 Å². The van der Waals surface area contributed by atoms with Gasteiger partial charge in [0.25, 0.3) is 0 Å². The van der Waals surface area contributed by atoms with Crippen molar-refractivity contribution in [2.45, 2.75) is 32.4 Å². The number of piperidine rings is 1. The standard InChI is InChI=1S/C33H34ClFN6O/c34-30-18-27(7-10-32(30)42-22-24-5-4-6-26(35)17-24)39-33-29-19-28(8-9-31(29)37-23-38-33)41-15-11-25(21-41)20-36-12-16-40-13-2-1-3-14-40/h4-11,15,17-19,21,23,36H,1-3,12-14,16,20,22H2,(H,37,38,39). The first-order valence-corrected chi connectivity index (χ1v) is 14.8. The van der Waals surface area contributed by atoms with Crippen molar-refractivity contribution in [3.05, 3.63) is 107 Å². The SMILES string of the molecule is Fc1cccc(COc2ccc(Nc3ncnc4ccc(-n5ccc(CNCCN6CCCCC6)c5)cc34)cc2Cl)c1. The molecule has 0 spiro atoms. The van der Waals surface area contributed by atoms with Gasteiger partial charge in [0, 0.05) is 48.8 Å². The van der Waals surface area contributed by atoms with E-state index in [2.05, 4.69) is 60.7 Å². The largest absolute Gasteiger partial charge is 0.487 e. The maximum Gasteiger partial charge on any atom is 0.141 e. The Bertz CT molecular complexity index is 1650. The van der Waals surface area contributed by atoms with Crippen LogP contribution in [0, 0.1) is 5.82 Å². The molecule has 0 bridgehead atoms. The molecule has 5 aromatic rings. The summed E-state index contributed by atoms with van der Waals surface area (Å²) in [5.41, 5.74) is 4.60. The Morgan fingerprint density at radius 3 is 2.69 bits per heavy atom. The predicted molar refractivity (Wildman–Crippen MR) is 166 cm³/mol. The number of nitrogens with one attached hydrogen (secondary N) is 2. The second-order valence-corrected chi connectivity index (χ2v) is 11.0. The van der Waals surface area contributed by atoms with Crippen molar-refractivity contribution in [2.75, 3.05) is 31.5 Å². The van der Waals surface area contributed by atoms with Gasteiger partial charge in [0.1, 0.15) is 30.3 Å². The van der Waals surface area contributed by atoms with Gasteiger partial charge in [-0.1, -0.05) is 30.2 Å². The van der Waals surface area contributed by atoms with E-state index in [0.717, 1.165) is 47.5 Å². The van der Waals surface area contributed by atoms with Gasteiger partial charge in [-0.25, -0.2) is 14.4 Å². The minimum absolute atomic E-state index is 0.222. The van der Waals surface area contributed by atoms with E-state index in [9.17, 15) is 4.39 Å². The van der Waals surface area contributed by atoms with E-state index in [1.165, 1.54) is 50.0 Å². The summed E-state index contributed by atoms with van der Waals surface area (Å²) < 4.78 is 21.4. The van der Waals surface area contributed by atoms with Gasteiger partial charge in [-0.2, -0.15) is 0 Å². The van der Waals surface area contributed by atoms with Crippen LogP contribution in [-0.4, -0.2) is 45.6 Å². The molecular weight excluding hydrogens is 551 g/mol. The van der Waals surface area contributed by atoms with Gasteiger partial charge in [0.15, 0.2) is 0 Å². The molecule has 1 saturated heterocycles. The fraction of sp³-hybridized carbons (Fsp3) is 0.273. The molecule has 1 aliphatic heterocycles. The molecule has 42 heavy (non-hydrogen) atoms. The smallest absolute Gasteiger partial charge is 0.141 e. The summed E-state index contributed by atoms with van der Waals surface area (Å²) >= 11 is 6.52. The van der Waals surface area contributed by atoms with Crippen molar-refractivity contribution in [2.24, 2.45) is 0 Å². The van der Waals surface area contributed by atoms with Crippen LogP contribution in [0.5, 0.6) is 5.75 Å². The second-order valence-electron chi connectivity index (χ2n) is 10.6. The molecule has 6 rings (SSSR count). The second kappa shape index (κ2) is 13.3. The van der Waals surface area contributed by atoms with Gasteiger partial charge < -0.3 is 24.8 Å². The van der Waals surface area contributed by atoms with Crippen LogP contribution >= 0.6 is 11.6 Å². The van der Waals surface area contributed by atoms with Gasteiger partial charge in [-0.05, 0) is 91.7 Å². The Labute approximate surface area is 250 Å². The molecule has 0 radical (unpaired) electrons. The Morgan fingerprint density at radius 1 is 0.929 bits per heavy atom. The number of ether oxygens (including phenoxy) is 1. The molecule has 0 unspecified atom stereocenters. The minimum Gasteiger partial charge on any atom is -0.487 e. The third-order valence-electron chi connectivity index (χ3n) is 7.53. The number of benzene rings is 3. The Kier molecular flexibility index (Phi) is 8.94. The number of fused-ring (bicyclic) bond motifs is 1. The van der Waals surface area contributed by atoms with Gasteiger partial charge in [0.2, 0.25) is 0 Å². The first-order chi connectivity index (χ1) is 20.6. The quantitative estimate of drug-likeness (QED) is 0.161. The molecule has 3 aromatic carbocycles. The first-order valence-electron chi connectivity index (χ1n) is 14.4. The van der Waals surface area contributed by atoms with Crippen LogP contribution in [0.3, 0.4) is 0 Å². The Hall–Kier alpha value is -3.98. The maximum atomic E-state index is 13.5. The molecular formula is C33H34ClFN6O. The van der Waals surface area contributed by atoms with E-state index in [4.69, 9.17) is 16.3 Å². The summed E-state index contributed by atoms with van der Waals surface area (Å²) in [6.07, 6.45) is 9.81. The average molecular weight is 585 g/mol. The van der Waals surface area contributed by atoms with Crippen molar-refractivity contribution in [3.8, 4) is 11.4 Å². The number of halogens is 2. The van der Waals surface area contributed by atoms with Crippen LogP contribution in [0.25, 0.3) is 16.6 Å². The van der Waals surface area contributed by atoms with Crippen LogP contribution in [-0.2, 0) is 13.2 Å². The Morgan fingerprint density at radius 2 is 1.83 bits per heavy atom. The highest BCUT2D eigenvalue weighted by Crippen LogP contribution is 2.31. The lowest BCUT2D eigenvalue weighted by atomic mass is 10.1. The monoisotopic (exact) mass is 584 g/mol. The number of anilines is 2. The zero-order valence-corrected chi connectivity index (χ0v) is 24.2. The van der Waals surface area contributed by atoms with Gasteiger partial charge in [0.05, 0.1) is 10.5 Å². The van der Waals surface area contributed by atoms with Gasteiger partial charge in [-0.3, -0.25) is 0 Å². The first kappa shape index (κ1) is 28.2. The van der Waals surface area contributed by atoms with Gasteiger partial charge >= 0.3 is 0 Å². The highest BCUT2D eigenvalue weighted by molar-refractivity contribution is 6.32. The van der Waals surface area contributed by atoms with E-state index in [1.54, 1.807) is 24.5 Å². The number of rotatable bonds is 11. The molecule has 9 heteroatoms. The molecule has 1 fully saturated rings. The number of aromatic nitrogens is 3. The highest BCUT2D eigenvalue weighted by Gasteiger charge is 2.11. The summed E-state index contributed by atoms with van der Waals surface area (Å²) in [5.74, 6) is 0.901. The van der Waals surface area contributed by atoms with E-state index in [-0.39, 0.29) is 12.4 Å². The zero-order valence-electron chi connectivity index (χ0n) is 23.4. The van der Waals surface area contributed by atoms with Crippen LogP contribution in [0.1, 0.15) is 30.4 Å². The van der Waals surface area contributed by atoms with E-state index in [1.807, 2.05) is 18.2 Å². The minimum atomic E-state index is -0.297. The molecule has 1 aliphatic rings. The van der Waals surface area contributed by atoms with Crippen LogP contribution in [0.2, 0.25) is 5.02 Å². The van der Waals surface area contributed by atoms with Crippen molar-refractivity contribution < 1.29 is 9.13 Å². The van der Waals surface area contributed by atoms with Crippen molar-refractivity contribution in [1.82, 2.24) is 24.8 Å². The summed E-state index contributed by atoms with van der Waals surface area (Å²) in [4.78, 5) is 11.5. The fourth-order valence-corrected chi connectivity index (χ4v) is 5.52. The normalized spacial score (nSPS) is 13.9. The number of hydrogen-bond acceptors (Lipinski definition) is 6. The summed E-state index contributed by atoms with van der Waals surface area (Å²) in [6.45, 7) is 5.62. The Balaban J connectivity index is 1.11. The lowest BCUT2D eigenvalue weighted by Crippen LogP contribution is -2.35. The third kappa shape index (κ3) is 7.07. The lowest BCUT2D eigenvalue weighted by molar-refractivity contribution is 0.229. The van der Waals surface area contributed by atoms with Crippen molar-refractivity contribution in [3.63, 3.8) is 0 Å². The summed E-state index contributed by atoms with van der Waals surface area (Å²) in [5, 5.41) is 8.30. The fourth-order valence-electron chi connectivity index (χ4n) is 5.28. The van der Waals surface area contributed by atoms with E-state index < -0.39 is 0 Å². The van der Waals surface area contributed by atoms with Gasteiger partial charge in [-0.15, -0.1) is 0 Å². The number of hydrogen-bond donors (Lipinski definition) is 2.